The van der Waals surface area contributed by atoms with E-state index in [1.54, 1.807) is 24.3 Å². The van der Waals surface area contributed by atoms with E-state index in [1.807, 2.05) is 30.3 Å². The van der Waals surface area contributed by atoms with Gasteiger partial charge in [0.25, 0.3) is 11.1 Å². The zero-order chi connectivity index (χ0) is 18.5. The Morgan fingerprint density at radius 3 is 2.54 bits per heavy atom. The Morgan fingerprint density at radius 1 is 1.12 bits per heavy atom. The summed E-state index contributed by atoms with van der Waals surface area (Å²) >= 11 is 0.823. The summed E-state index contributed by atoms with van der Waals surface area (Å²) in [5.74, 6) is -0.230. The molecule has 0 aromatic heterocycles. The van der Waals surface area contributed by atoms with Crippen LogP contribution in [0.4, 0.5) is 4.79 Å². The van der Waals surface area contributed by atoms with Gasteiger partial charge < -0.3 is 9.47 Å². The van der Waals surface area contributed by atoms with Crippen LogP contribution in [0.25, 0.3) is 6.08 Å². The summed E-state index contributed by atoms with van der Waals surface area (Å²) in [6.07, 6.45) is 1.68. The lowest BCUT2D eigenvalue weighted by Crippen LogP contribution is -2.17. The van der Waals surface area contributed by atoms with E-state index >= 15 is 0 Å². The van der Waals surface area contributed by atoms with Gasteiger partial charge in [0.05, 0.1) is 18.4 Å². The van der Waals surface area contributed by atoms with Crippen LogP contribution in [-0.4, -0.2) is 24.2 Å². The molecule has 3 rings (SSSR count). The van der Waals surface area contributed by atoms with Gasteiger partial charge in [-0.3, -0.25) is 19.7 Å². The number of rotatable bonds is 5. The van der Waals surface area contributed by atoms with E-state index in [4.69, 9.17) is 9.47 Å². The highest BCUT2D eigenvalue weighted by atomic mass is 32.2. The average Bonchev–Trinajstić information content (AvgIpc) is 2.93. The second-order valence-electron chi connectivity index (χ2n) is 5.40. The van der Waals surface area contributed by atoms with Gasteiger partial charge in [0.2, 0.25) is 0 Å². The van der Waals surface area contributed by atoms with Crippen LogP contribution in [0.5, 0.6) is 11.5 Å². The van der Waals surface area contributed by atoms with Gasteiger partial charge in [0, 0.05) is 0 Å². The van der Waals surface area contributed by atoms with Crippen LogP contribution < -0.4 is 14.8 Å². The minimum atomic E-state index is -0.446. The van der Waals surface area contributed by atoms with Crippen molar-refractivity contribution in [3.05, 3.63) is 64.6 Å². The molecule has 0 aliphatic carbocycles. The molecule has 0 atom stereocenters. The number of hydrogen-bond acceptors (Lipinski definition) is 6. The molecule has 2 aromatic carbocycles. The van der Waals surface area contributed by atoms with Gasteiger partial charge in [-0.05, 0) is 41.1 Å². The van der Waals surface area contributed by atoms with Crippen LogP contribution in [0.2, 0.25) is 0 Å². The van der Waals surface area contributed by atoms with E-state index < -0.39 is 17.1 Å². The van der Waals surface area contributed by atoms with Gasteiger partial charge in [-0.15, -0.1) is 0 Å². The molecule has 0 spiro atoms. The maximum absolute atomic E-state index is 12.2. The maximum atomic E-state index is 12.2. The Bertz CT molecular complexity index is 892. The van der Waals surface area contributed by atoms with Crippen molar-refractivity contribution in [1.82, 2.24) is 5.32 Å². The fraction of sp³-hybridized carbons (Fsp3) is 0.105. The minimum Gasteiger partial charge on any atom is -0.493 e. The van der Waals surface area contributed by atoms with Gasteiger partial charge in [-0.1, -0.05) is 36.4 Å². The van der Waals surface area contributed by atoms with Crippen LogP contribution in [0.1, 0.15) is 11.1 Å². The smallest absolute Gasteiger partial charge is 0.315 e. The fourth-order valence-corrected chi connectivity index (χ4v) is 3.04. The molecule has 0 bridgehead atoms. The van der Waals surface area contributed by atoms with E-state index in [2.05, 4.69) is 5.32 Å². The predicted octanol–water partition coefficient (Wildman–Crippen LogP) is 3.17. The normalized spacial score (nSPS) is 15.0. The standard InChI is InChI=1S/C19H15NO5S/c1-24-14-8-7-13(10-16-18(22)20-19(23)26-16)9-15(14)25-17(21)11-12-5-3-2-4-6-12/h2-10H,11H2,1H3,(H,20,22,23)/b16-10-. The topological polar surface area (TPSA) is 81.7 Å². The lowest BCUT2D eigenvalue weighted by molar-refractivity contribution is -0.133. The van der Waals surface area contributed by atoms with E-state index in [0.717, 1.165) is 17.3 Å². The summed E-state index contributed by atoms with van der Waals surface area (Å²) in [4.78, 5) is 35.4. The predicted molar refractivity (Wildman–Crippen MR) is 97.9 cm³/mol. The first-order chi connectivity index (χ1) is 12.5. The van der Waals surface area contributed by atoms with E-state index in [1.165, 1.54) is 7.11 Å². The molecule has 2 amide bonds. The number of ether oxygens (including phenoxy) is 2. The van der Waals surface area contributed by atoms with Crippen molar-refractivity contribution in [3.8, 4) is 11.5 Å². The van der Waals surface area contributed by atoms with Crippen molar-refractivity contribution in [2.24, 2.45) is 0 Å². The zero-order valence-corrected chi connectivity index (χ0v) is 14.7. The Morgan fingerprint density at radius 2 is 1.88 bits per heavy atom. The number of carbonyl (C=O) groups is 3. The van der Waals surface area contributed by atoms with Crippen LogP contribution in [-0.2, 0) is 16.0 Å². The summed E-state index contributed by atoms with van der Waals surface area (Å²) in [5.41, 5.74) is 1.45. The summed E-state index contributed by atoms with van der Waals surface area (Å²) in [6, 6.07) is 14.2. The number of esters is 1. The van der Waals surface area contributed by atoms with Gasteiger partial charge >= 0.3 is 5.97 Å². The van der Waals surface area contributed by atoms with Crippen molar-refractivity contribution in [3.63, 3.8) is 0 Å². The highest BCUT2D eigenvalue weighted by Crippen LogP contribution is 2.31. The molecule has 7 heteroatoms. The number of hydrogen-bond donors (Lipinski definition) is 1. The number of carbonyl (C=O) groups excluding carboxylic acids is 3. The fourth-order valence-electron chi connectivity index (χ4n) is 2.36. The van der Waals surface area contributed by atoms with E-state index in [0.29, 0.717) is 11.3 Å². The van der Waals surface area contributed by atoms with E-state index in [9.17, 15) is 14.4 Å². The third-order valence-corrected chi connectivity index (χ3v) is 4.35. The van der Waals surface area contributed by atoms with Gasteiger partial charge in [0.15, 0.2) is 11.5 Å². The van der Waals surface area contributed by atoms with E-state index in [-0.39, 0.29) is 17.1 Å². The largest absolute Gasteiger partial charge is 0.493 e. The summed E-state index contributed by atoms with van der Waals surface area (Å²) in [7, 11) is 1.47. The van der Waals surface area contributed by atoms with Crippen molar-refractivity contribution < 1.29 is 23.9 Å². The molecular weight excluding hydrogens is 354 g/mol. The Labute approximate surface area is 154 Å². The lowest BCUT2D eigenvalue weighted by Gasteiger charge is -2.10. The Kier molecular flexibility index (Phi) is 5.38. The van der Waals surface area contributed by atoms with Crippen LogP contribution in [0.3, 0.4) is 0 Å². The van der Waals surface area contributed by atoms with Crippen LogP contribution in [0.15, 0.2) is 53.4 Å². The number of thioether (sulfide) groups is 1. The van der Waals surface area contributed by atoms with Crippen molar-refractivity contribution in [2.75, 3.05) is 7.11 Å². The summed E-state index contributed by atoms with van der Waals surface area (Å²) < 4.78 is 10.6. The first-order valence-corrected chi connectivity index (χ1v) is 8.54. The SMILES string of the molecule is COc1ccc(/C=C2\SC(=O)NC2=O)cc1OC(=O)Cc1ccccc1. The molecule has 0 radical (unpaired) electrons. The Balaban J connectivity index is 1.79. The summed E-state index contributed by atoms with van der Waals surface area (Å²) in [5, 5.41) is 1.78. The molecule has 1 aliphatic heterocycles. The second kappa shape index (κ2) is 7.88. The molecule has 1 saturated heterocycles. The molecule has 1 aliphatic rings. The highest BCUT2D eigenvalue weighted by Gasteiger charge is 2.25. The third-order valence-electron chi connectivity index (χ3n) is 3.54. The minimum absolute atomic E-state index is 0.127. The monoisotopic (exact) mass is 369 g/mol. The number of imide groups is 1. The quantitative estimate of drug-likeness (QED) is 0.495. The number of benzene rings is 2. The first kappa shape index (κ1) is 17.8. The molecule has 1 fully saturated rings. The Hall–Kier alpha value is -3.06. The third kappa shape index (κ3) is 4.31. The maximum Gasteiger partial charge on any atom is 0.315 e. The molecular formula is C19H15NO5S. The molecule has 132 valence electrons. The lowest BCUT2D eigenvalue weighted by atomic mass is 10.1. The molecule has 0 saturated carbocycles. The number of nitrogens with one attached hydrogen (secondary N) is 1. The molecule has 2 aromatic rings. The summed E-state index contributed by atoms with van der Waals surface area (Å²) in [6.45, 7) is 0. The van der Waals surface area contributed by atoms with Gasteiger partial charge in [0.1, 0.15) is 0 Å². The van der Waals surface area contributed by atoms with Crippen molar-refractivity contribution in [1.29, 1.82) is 0 Å². The second-order valence-corrected chi connectivity index (χ2v) is 6.41. The number of methoxy groups -OCH3 is 1. The molecule has 6 nitrogen and oxygen atoms in total. The van der Waals surface area contributed by atoms with Crippen LogP contribution >= 0.6 is 11.8 Å². The average molecular weight is 369 g/mol. The van der Waals surface area contributed by atoms with Gasteiger partial charge in [-0.2, -0.15) is 0 Å². The molecule has 26 heavy (non-hydrogen) atoms. The first-order valence-electron chi connectivity index (χ1n) is 7.72. The van der Waals surface area contributed by atoms with Crippen molar-refractivity contribution in [2.45, 2.75) is 6.42 Å². The molecule has 0 unspecified atom stereocenters. The molecule has 1 heterocycles. The van der Waals surface area contributed by atoms with Gasteiger partial charge in [-0.25, -0.2) is 0 Å². The van der Waals surface area contributed by atoms with Crippen LogP contribution in [0, 0.1) is 0 Å². The zero-order valence-electron chi connectivity index (χ0n) is 13.9. The molecule has 1 N–H and O–H groups in total. The highest BCUT2D eigenvalue weighted by molar-refractivity contribution is 8.18. The van der Waals surface area contributed by atoms with Crippen molar-refractivity contribution >= 4 is 35.0 Å². The number of amides is 2.